The molecule has 0 bridgehead atoms. The Bertz CT molecular complexity index is 569. The molecule has 1 atom stereocenters. The number of carbonyl (C=O) groups excluding carboxylic acids is 1. The Morgan fingerprint density at radius 2 is 2.00 bits per heavy atom. The highest BCUT2D eigenvalue weighted by Crippen LogP contribution is 2.18. The fourth-order valence-corrected chi connectivity index (χ4v) is 4.17. The maximum Gasteiger partial charge on any atom is 0.224 e. The Hall–Kier alpha value is -1.07. The normalized spacial score (nSPS) is 20.8. The van der Waals surface area contributed by atoms with E-state index in [4.69, 9.17) is 11.6 Å². The van der Waals surface area contributed by atoms with Crippen molar-refractivity contribution in [3.05, 3.63) is 34.9 Å². The molecule has 1 amide bonds. The van der Waals surface area contributed by atoms with E-state index in [-0.39, 0.29) is 23.3 Å². The topological polar surface area (TPSA) is 63.2 Å². The first-order chi connectivity index (χ1) is 9.46. The third-order valence-corrected chi connectivity index (χ3v) is 5.48. The molecule has 1 fully saturated rings. The van der Waals surface area contributed by atoms with Gasteiger partial charge in [-0.2, -0.15) is 0 Å². The van der Waals surface area contributed by atoms with Crippen molar-refractivity contribution in [3.8, 4) is 0 Å². The lowest BCUT2D eigenvalue weighted by Crippen LogP contribution is -2.32. The zero-order valence-corrected chi connectivity index (χ0v) is 12.7. The number of aryl methyl sites for hydroxylation is 1. The van der Waals surface area contributed by atoms with Crippen LogP contribution in [0.2, 0.25) is 5.02 Å². The molecule has 4 nitrogen and oxygen atoms in total. The summed E-state index contributed by atoms with van der Waals surface area (Å²) in [5, 5.41) is 3.53. The van der Waals surface area contributed by atoms with Crippen LogP contribution in [0.4, 0.5) is 0 Å². The van der Waals surface area contributed by atoms with E-state index in [9.17, 15) is 13.2 Å². The summed E-state index contributed by atoms with van der Waals surface area (Å²) < 4.78 is 22.6. The molecule has 1 aliphatic rings. The standard InChI is InChI=1S/C14H18ClNO3S/c15-13-5-3-11(4-6-13)2-1-8-16-14(17)12-7-9-20(18,19)10-12/h3-6,12H,1-2,7-10H2,(H,16,17). The van der Waals surface area contributed by atoms with Gasteiger partial charge < -0.3 is 5.32 Å². The molecule has 1 aromatic carbocycles. The minimum absolute atomic E-state index is 0.00395. The molecule has 1 aromatic rings. The summed E-state index contributed by atoms with van der Waals surface area (Å²) in [7, 11) is -2.99. The Kier molecular flexibility index (Phi) is 5.05. The quantitative estimate of drug-likeness (QED) is 0.843. The summed E-state index contributed by atoms with van der Waals surface area (Å²) in [6.45, 7) is 0.567. The average Bonchev–Trinajstić information content (AvgIpc) is 2.77. The van der Waals surface area contributed by atoms with Gasteiger partial charge in [0.1, 0.15) is 0 Å². The highest BCUT2D eigenvalue weighted by atomic mass is 35.5. The van der Waals surface area contributed by atoms with Crippen molar-refractivity contribution in [1.82, 2.24) is 5.32 Å². The van der Waals surface area contributed by atoms with Gasteiger partial charge in [-0.15, -0.1) is 0 Å². The number of hydrogen-bond acceptors (Lipinski definition) is 3. The van der Waals surface area contributed by atoms with Crippen LogP contribution in [0, 0.1) is 5.92 Å². The second-order valence-corrected chi connectivity index (χ2v) is 7.79. The molecule has 0 aromatic heterocycles. The van der Waals surface area contributed by atoms with E-state index in [1.807, 2.05) is 24.3 Å². The first-order valence-electron chi connectivity index (χ1n) is 6.69. The minimum Gasteiger partial charge on any atom is -0.356 e. The van der Waals surface area contributed by atoms with Crippen LogP contribution in [0.1, 0.15) is 18.4 Å². The maximum atomic E-state index is 11.8. The molecule has 0 aliphatic carbocycles. The van der Waals surface area contributed by atoms with E-state index >= 15 is 0 Å². The zero-order valence-electron chi connectivity index (χ0n) is 11.1. The van der Waals surface area contributed by atoms with Crippen molar-refractivity contribution in [2.45, 2.75) is 19.3 Å². The molecule has 1 heterocycles. The number of amides is 1. The van der Waals surface area contributed by atoms with Crippen molar-refractivity contribution in [1.29, 1.82) is 0 Å². The van der Waals surface area contributed by atoms with Crippen molar-refractivity contribution >= 4 is 27.3 Å². The molecular formula is C14H18ClNO3S. The monoisotopic (exact) mass is 315 g/mol. The Labute approximate surface area is 124 Å². The molecule has 1 unspecified atom stereocenters. The zero-order chi connectivity index (χ0) is 14.6. The van der Waals surface area contributed by atoms with Gasteiger partial charge in [-0.3, -0.25) is 4.79 Å². The van der Waals surface area contributed by atoms with Gasteiger partial charge in [0.15, 0.2) is 9.84 Å². The maximum absolute atomic E-state index is 11.8. The highest BCUT2D eigenvalue weighted by molar-refractivity contribution is 7.91. The summed E-state index contributed by atoms with van der Waals surface area (Å²) in [6, 6.07) is 7.62. The SMILES string of the molecule is O=C(NCCCc1ccc(Cl)cc1)C1CCS(=O)(=O)C1. The van der Waals surface area contributed by atoms with Crippen LogP contribution < -0.4 is 5.32 Å². The van der Waals surface area contributed by atoms with E-state index in [1.54, 1.807) is 0 Å². The highest BCUT2D eigenvalue weighted by Gasteiger charge is 2.32. The van der Waals surface area contributed by atoms with Gasteiger partial charge in [0.05, 0.1) is 17.4 Å². The second kappa shape index (κ2) is 6.59. The van der Waals surface area contributed by atoms with Gasteiger partial charge in [-0.1, -0.05) is 23.7 Å². The van der Waals surface area contributed by atoms with Crippen LogP contribution in [0.15, 0.2) is 24.3 Å². The molecule has 1 aliphatic heterocycles. The largest absolute Gasteiger partial charge is 0.356 e. The summed E-state index contributed by atoms with van der Waals surface area (Å²) >= 11 is 5.80. The van der Waals surface area contributed by atoms with Crippen molar-refractivity contribution in [3.63, 3.8) is 0 Å². The molecule has 0 spiro atoms. The minimum atomic E-state index is -2.99. The number of benzene rings is 1. The lowest BCUT2D eigenvalue weighted by molar-refractivity contribution is -0.124. The lowest BCUT2D eigenvalue weighted by atomic mass is 10.1. The molecule has 110 valence electrons. The van der Waals surface area contributed by atoms with Gasteiger partial charge in [0, 0.05) is 11.6 Å². The molecule has 6 heteroatoms. The molecule has 0 radical (unpaired) electrons. The van der Waals surface area contributed by atoms with Crippen LogP contribution in [0.25, 0.3) is 0 Å². The van der Waals surface area contributed by atoms with Crippen molar-refractivity contribution in [2.24, 2.45) is 5.92 Å². The summed E-state index contributed by atoms with van der Waals surface area (Å²) in [5.41, 5.74) is 1.17. The number of nitrogens with one attached hydrogen (secondary N) is 1. The van der Waals surface area contributed by atoms with Crippen LogP contribution in [0.3, 0.4) is 0 Å². The van der Waals surface area contributed by atoms with E-state index in [2.05, 4.69) is 5.32 Å². The number of halogens is 1. The van der Waals surface area contributed by atoms with E-state index in [0.717, 1.165) is 12.8 Å². The van der Waals surface area contributed by atoms with E-state index in [1.165, 1.54) is 5.56 Å². The fraction of sp³-hybridized carbons (Fsp3) is 0.500. The van der Waals surface area contributed by atoms with Gasteiger partial charge in [0.2, 0.25) is 5.91 Å². The summed E-state index contributed by atoms with van der Waals surface area (Å²) in [6.07, 6.45) is 2.14. The number of rotatable bonds is 5. The first kappa shape index (κ1) is 15.3. The van der Waals surface area contributed by atoms with E-state index in [0.29, 0.717) is 18.0 Å². The Morgan fingerprint density at radius 3 is 2.60 bits per heavy atom. The smallest absolute Gasteiger partial charge is 0.224 e. The van der Waals surface area contributed by atoms with Crippen LogP contribution in [-0.4, -0.2) is 32.4 Å². The van der Waals surface area contributed by atoms with Crippen molar-refractivity contribution < 1.29 is 13.2 Å². The third-order valence-electron chi connectivity index (χ3n) is 3.46. The molecule has 2 rings (SSSR count). The molecule has 20 heavy (non-hydrogen) atoms. The second-order valence-electron chi connectivity index (χ2n) is 5.12. The van der Waals surface area contributed by atoms with Crippen LogP contribution in [0.5, 0.6) is 0 Å². The fourth-order valence-electron chi connectivity index (χ4n) is 2.30. The average molecular weight is 316 g/mol. The Morgan fingerprint density at radius 1 is 1.30 bits per heavy atom. The summed E-state index contributed by atoms with van der Waals surface area (Å²) in [5.74, 6) is -0.371. The number of hydrogen-bond donors (Lipinski definition) is 1. The molecule has 1 saturated heterocycles. The van der Waals surface area contributed by atoms with Gasteiger partial charge in [-0.25, -0.2) is 8.42 Å². The van der Waals surface area contributed by atoms with Crippen LogP contribution in [-0.2, 0) is 21.1 Å². The predicted octanol–water partition coefficient (Wildman–Crippen LogP) is 1.82. The molecule has 0 saturated carbocycles. The van der Waals surface area contributed by atoms with Crippen molar-refractivity contribution in [2.75, 3.05) is 18.1 Å². The lowest BCUT2D eigenvalue weighted by Gasteiger charge is -2.09. The molecule has 1 N–H and O–H groups in total. The van der Waals surface area contributed by atoms with E-state index < -0.39 is 9.84 Å². The number of carbonyl (C=O) groups is 1. The predicted molar refractivity (Wildman–Crippen MR) is 79.5 cm³/mol. The van der Waals surface area contributed by atoms with Gasteiger partial charge >= 0.3 is 0 Å². The van der Waals surface area contributed by atoms with Crippen LogP contribution >= 0.6 is 11.6 Å². The molecular weight excluding hydrogens is 298 g/mol. The van der Waals surface area contributed by atoms with Gasteiger partial charge in [0.25, 0.3) is 0 Å². The number of sulfone groups is 1. The summed E-state index contributed by atoms with van der Waals surface area (Å²) in [4.78, 5) is 11.8. The Balaban J connectivity index is 1.68. The first-order valence-corrected chi connectivity index (χ1v) is 8.89. The van der Waals surface area contributed by atoms with Gasteiger partial charge in [-0.05, 0) is 37.0 Å². The third kappa shape index (κ3) is 4.49.